The molecular weight excluding hydrogens is 397 g/mol. The highest BCUT2D eigenvalue weighted by Gasteiger charge is 2.17. The van der Waals surface area contributed by atoms with E-state index in [9.17, 15) is 4.79 Å². The van der Waals surface area contributed by atoms with Crippen molar-refractivity contribution in [1.29, 1.82) is 5.26 Å². The largest absolute Gasteiger partial charge is 0.342 e. The second kappa shape index (κ2) is 9.30. The number of benzene rings is 2. The van der Waals surface area contributed by atoms with Gasteiger partial charge < -0.3 is 5.32 Å². The van der Waals surface area contributed by atoms with E-state index >= 15 is 0 Å². The average molecular weight is 411 g/mol. The molecule has 9 heteroatoms. The fourth-order valence-corrected chi connectivity index (χ4v) is 2.59. The summed E-state index contributed by atoms with van der Waals surface area (Å²) in [6.45, 7) is 0.434. The van der Waals surface area contributed by atoms with E-state index in [4.69, 9.17) is 40.1 Å². The van der Waals surface area contributed by atoms with Gasteiger partial charge in [0.25, 0.3) is 0 Å². The van der Waals surface area contributed by atoms with Crippen LogP contribution in [0.15, 0.2) is 47.6 Å². The van der Waals surface area contributed by atoms with Crippen molar-refractivity contribution in [2.24, 2.45) is 5.10 Å². The fraction of sp³-hybridized carbons (Fsp3) is 0.118. The molecule has 134 valence electrons. The lowest BCUT2D eigenvalue weighted by Crippen LogP contribution is -2.41. The quantitative estimate of drug-likeness (QED) is 0.573. The molecule has 26 heavy (non-hydrogen) atoms. The van der Waals surface area contributed by atoms with Crippen LogP contribution >= 0.6 is 34.8 Å². The Morgan fingerprint density at radius 1 is 1.12 bits per heavy atom. The number of nitrogens with one attached hydrogen (secondary N) is 1. The smallest absolute Gasteiger partial charge is 0.331 e. The van der Waals surface area contributed by atoms with Gasteiger partial charge in [-0.2, -0.15) is 15.4 Å². The molecule has 1 aliphatic rings. The molecule has 0 radical (unpaired) electrons. The number of anilines is 2. The van der Waals surface area contributed by atoms with Crippen molar-refractivity contribution in [2.75, 3.05) is 23.5 Å². The van der Waals surface area contributed by atoms with Gasteiger partial charge in [0.15, 0.2) is 6.19 Å². The topological polar surface area (TPSA) is 71.7 Å². The molecule has 0 spiro atoms. The van der Waals surface area contributed by atoms with Crippen LogP contribution in [0.2, 0.25) is 15.1 Å². The fourth-order valence-electron chi connectivity index (χ4n) is 1.95. The second-order valence-electron chi connectivity index (χ2n) is 5.06. The maximum atomic E-state index is 11.4. The van der Waals surface area contributed by atoms with Crippen LogP contribution in [0.5, 0.6) is 0 Å². The number of hydrazone groups is 1. The van der Waals surface area contributed by atoms with Crippen LogP contribution in [-0.2, 0) is 0 Å². The number of nitrogens with zero attached hydrogens (tertiary/aromatic N) is 4. The summed E-state index contributed by atoms with van der Waals surface area (Å²) < 4.78 is 0. The summed E-state index contributed by atoms with van der Waals surface area (Å²) in [6, 6.07) is 11.6. The highest BCUT2D eigenvalue weighted by Crippen LogP contribution is 2.26. The van der Waals surface area contributed by atoms with E-state index in [0.29, 0.717) is 27.3 Å². The molecule has 0 aromatic heterocycles. The molecular formula is C17H14Cl3N5O. The lowest BCUT2D eigenvalue weighted by atomic mass is 10.3. The molecule has 2 aromatic carbocycles. The Balaban J connectivity index is 0.000000197. The first-order valence-corrected chi connectivity index (χ1v) is 8.49. The van der Waals surface area contributed by atoms with Gasteiger partial charge in [-0.1, -0.05) is 34.8 Å². The van der Waals surface area contributed by atoms with Gasteiger partial charge in [0.1, 0.15) is 0 Å². The molecule has 6 nitrogen and oxygen atoms in total. The van der Waals surface area contributed by atoms with Gasteiger partial charge in [-0.15, -0.1) is 0 Å². The first-order valence-electron chi connectivity index (χ1n) is 7.36. The van der Waals surface area contributed by atoms with E-state index in [-0.39, 0.29) is 6.03 Å². The standard InChI is InChI=1S/C9H7Cl2N3O.C8H7ClN2/c10-6-3-7(11)5-8(4-6)14-9(15)12-1-2-13-14;1-11(6-10)8-4-2-7(9)3-5-8/h2-5H,1H2,(H,12,15);2-5H,1H3. The van der Waals surface area contributed by atoms with Crippen LogP contribution in [0.4, 0.5) is 16.2 Å². The Bertz CT molecular complexity index is 828. The van der Waals surface area contributed by atoms with Gasteiger partial charge in [0.2, 0.25) is 0 Å². The van der Waals surface area contributed by atoms with E-state index in [0.717, 1.165) is 5.69 Å². The molecule has 0 unspecified atom stereocenters. The molecule has 0 bridgehead atoms. The number of hydrogen-bond donors (Lipinski definition) is 1. The summed E-state index contributed by atoms with van der Waals surface area (Å²) >= 11 is 17.3. The summed E-state index contributed by atoms with van der Waals surface area (Å²) in [5.74, 6) is 0. The van der Waals surface area contributed by atoms with Gasteiger partial charge in [0.05, 0.1) is 17.9 Å². The number of amides is 2. The number of halogens is 3. The first-order chi connectivity index (χ1) is 12.4. The normalized spacial score (nSPS) is 12.6. The number of urea groups is 1. The predicted octanol–water partition coefficient (Wildman–Crippen LogP) is 4.77. The van der Waals surface area contributed by atoms with Gasteiger partial charge in [-0.3, -0.25) is 4.90 Å². The molecule has 1 aliphatic heterocycles. The summed E-state index contributed by atoms with van der Waals surface area (Å²) in [4.78, 5) is 12.9. The van der Waals surface area contributed by atoms with E-state index in [1.165, 1.54) is 9.91 Å². The van der Waals surface area contributed by atoms with Gasteiger partial charge in [-0.05, 0) is 42.5 Å². The van der Waals surface area contributed by atoms with Crippen molar-refractivity contribution < 1.29 is 4.79 Å². The third kappa shape index (κ3) is 5.53. The maximum absolute atomic E-state index is 11.4. The van der Waals surface area contributed by atoms with Crippen molar-refractivity contribution in [3.05, 3.63) is 57.5 Å². The van der Waals surface area contributed by atoms with Crippen molar-refractivity contribution in [3.63, 3.8) is 0 Å². The van der Waals surface area contributed by atoms with E-state index in [1.54, 1.807) is 55.7 Å². The Morgan fingerprint density at radius 2 is 1.73 bits per heavy atom. The lowest BCUT2D eigenvalue weighted by Gasteiger charge is -2.20. The van der Waals surface area contributed by atoms with Crippen LogP contribution in [0.1, 0.15) is 0 Å². The third-order valence-electron chi connectivity index (χ3n) is 3.19. The summed E-state index contributed by atoms with van der Waals surface area (Å²) in [5.41, 5.74) is 1.39. The van der Waals surface area contributed by atoms with Crippen LogP contribution in [-0.4, -0.2) is 25.8 Å². The van der Waals surface area contributed by atoms with Crippen LogP contribution < -0.4 is 15.2 Å². The van der Waals surface area contributed by atoms with Crippen LogP contribution in [0.3, 0.4) is 0 Å². The highest BCUT2D eigenvalue weighted by molar-refractivity contribution is 6.35. The van der Waals surface area contributed by atoms with Gasteiger partial charge in [-0.25, -0.2) is 4.79 Å². The maximum Gasteiger partial charge on any atom is 0.342 e. The number of hydrogen-bond acceptors (Lipinski definition) is 4. The minimum Gasteiger partial charge on any atom is -0.331 e. The number of carbonyl (C=O) groups excluding carboxylic acids is 1. The molecule has 1 heterocycles. The first kappa shape index (κ1) is 19.9. The highest BCUT2D eigenvalue weighted by atomic mass is 35.5. The zero-order valence-corrected chi connectivity index (χ0v) is 15.9. The number of nitriles is 1. The Hall–Kier alpha value is -2.46. The number of carbonyl (C=O) groups is 1. The summed E-state index contributed by atoms with van der Waals surface area (Å²) in [5, 5.41) is 17.9. The minimum absolute atomic E-state index is 0.296. The van der Waals surface area contributed by atoms with Crippen molar-refractivity contribution in [2.45, 2.75) is 0 Å². The Kier molecular flexibility index (Phi) is 7.10. The average Bonchev–Trinajstić information content (AvgIpc) is 2.62. The van der Waals surface area contributed by atoms with E-state index in [2.05, 4.69) is 10.4 Å². The predicted molar refractivity (Wildman–Crippen MR) is 106 cm³/mol. The Labute approximate surface area is 166 Å². The van der Waals surface area contributed by atoms with Crippen LogP contribution in [0.25, 0.3) is 0 Å². The molecule has 2 aromatic rings. The molecule has 0 atom stereocenters. The SMILES string of the molecule is CN(C#N)c1ccc(Cl)cc1.O=C1NCC=NN1c1cc(Cl)cc(Cl)c1. The van der Waals surface area contributed by atoms with Crippen LogP contribution in [0, 0.1) is 11.5 Å². The molecule has 0 saturated carbocycles. The van der Waals surface area contributed by atoms with E-state index < -0.39 is 0 Å². The second-order valence-corrected chi connectivity index (χ2v) is 6.37. The zero-order valence-electron chi connectivity index (χ0n) is 13.7. The molecule has 1 N–H and O–H groups in total. The molecule has 0 fully saturated rings. The summed E-state index contributed by atoms with van der Waals surface area (Å²) in [7, 11) is 1.70. The zero-order chi connectivity index (χ0) is 19.1. The molecule has 0 aliphatic carbocycles. The lowest BCUT2D eigenvalue weighted by molar-refractivity contribution is 0.247. The van der Waals surface area contributed by atoms with Crippen molar-refractivity contribution in [3.8, 4) is 6.19 Å². The minimum atomic E-state index is -0.296. The van der Waals surface area contributed by atoms with Gasteiger partial charge >= 0.3 is 6.03 Å². The number of rotatable bonds is 2. The van der Waals surface area contributed by atoms with Crippen molar-refractivity contribution in [1.82, 2.24) is 5.32 Å². The van der Waals surface area contributed by atoms with E-state index in [1.807, 2.05) is 6.19 Å². The Morgan fingerprint density at radius 3 is 2.27 bits per heavy atom. The third-order valence-corrected chi connectivity index (χ3v) is 3.88. The van der Waals surface area contributed by atoms with Crippen molar-refractivity contribution >= 4 is 58.4 Å². The summed E-state index contributed by atoms with van der Waals surface area (Å²) in [6.07, 6.45) is 3.58. The molecule has 0 saturated heterocycles. The molecule has 2 amide bonds. The van der Waals surface area contributed by atoms with Gasteiger partial charge in [0, 0.05) is 28.3 Å². The molecule has 3 rings (SSSR count). The monoisotopic (exact) mass is 409 g/mol.